The number of hydrogen-bond acceptors (Lipinski definition) is 4. The van der Waals surface area contributed by atoms with Crippen LogP contribution in [0.2, 0.25) is 0 Å². The molecular weight excluding hydrogens is 463 g/mol. The van der Waals surface area contributed by atoms with Gasteiger partial charge in [0.15, 0.2) is 0 Å². The molecule has 0 unspecified atom stereocenters. The Morgan fingerprint density at radius 3 is 1.54 bits per heavy atom. The third kappa shape index (κ3) is 27.6. The fourth-order valence-corrected chi connectivity index (χ4v) is 4.26. The normalized spacial score (nSPS) is 11.5. The van der Waals surface area contributed by atoms with Gasteiger partial charge in [-0.2, -0.15) is 0 Å². The number of hydrogen-bond donors (Lipinski definition) is 3. The van der Waals surface area contributed by atoms with Gasteiger partial charge >= 0.3 is 7.82 Å². The van der Waals surface area contributed by atoms with E-state index in [-0.39, 0.29) is 12.8 Å². The maximum Gasteiger partial charge on any atom is 0.496 e. The van der Waals surface area contributed by atoms with Gasteiger partial charge in [0, 0.05) is 5.56 Å². The summed E-state index contributed by atoms with van der Waals surface area (Å²) in [6, 6.07) is 10.9. The summed E-state index contributed by atoms with van der Waals surface area (Å²) in [6.45, 7) is 6.41. The van der Waals surface area contributed by atoms with E-state index in [1.54, 1.807) is 6.92 Å². The highest BCUT2D eigenvalue weighted by atomic mass is 31.2. The number of rotatable bonds is 20. The van der Waals surface area contributed by atoms with Crippen LogP contribution in [0.5, 0.6) is 0 Å². The third-order valence-electron chi connectivity index (χ3n) is 5.84. The van der Waals surface area contributed by atoms with E-state index in [9.17, 15) is 4.57 Å². The summed E-state index contributed by atoms with van der Waals surface area (Å²) in [5.41, 5.74) is 1.46. The smallest absolute Gasteiger partial charge is 0.344 e. The van der Waals surface area contributed by atoms with Crippen molar-refractivity contribution in [1.82, 2.24) is 6.15 Å². The molecule has 1 aromatic carbocycles. The van der Waals surface area contributed by atoms with Crippen LogP contribution in [0.3, 0.4) is 0 Å². The van der Waals surface area contributed by atoms with Gasteiger partial charge in [0.25, 0.3) is 0 Å². The molecule has 0 saturated heterocycles. The predicted octanol–water partition coefficient (Wildman–Crippen LogP) is 7.95. The quantitative estimate of drug-likeness (QED) is 0.0530. The van der Waals surface area contributed by atoms with Crippen LogP contribution in [0.1, 0.15) is 109 Å². The van der Waals surface area contributed by atoms with Crippen molar-refractivity contribution in [3.05, 3.63) is 35.9 Å². The van der Waals surface area contributed by atoms with E-state index in [0.717, 1.165) is 11.0 Å². The molecule has 1 aromatic rings. The number of nitrogens with zero attached hydrogens (tertiary/aromatic N) is 1. The van der Waals surface area contributed by atoms with E-state index < -0.39 is 7.82 Å². The molecule has 8 heteroatoms. The lowest BCUT2D eigenvalue weighted by Crippen LogP contribution is -2.39. The Kier molecular flexibility index (Phi) is 24.5. The van der Waals surface area contributed by atoms with E-state index in [2.05, 4.69) is 60.9 Å². The summed E-state index contributed by atoms with van der Waals surface area (Å²) in [5.74, 6) is 0. The molecule has 0 aliphatic heterocycles. The van der Waals surface area contributed by atoms with Gasteiger partial charge in [0.1, 0.15) is 6.54 Å². The van der Waals surface area contributed by atoms with Gasteiger partial charge in [-0.25, -0.2) is 9.45 Å². The lowest BCUT2D eigenvalue weighted by atomic mass is 10.0. The molecule has 0 saturated carbocycles. The van der Waals surface area contributed by atoms with Gasteiger partial charge in [0.05, 0.1) is 27.2 Å². The fraction of sp³-hybridized carbons (Fsp3) is 0.778. The molecular formula is C27H56N2O5P+. The van der Waals surface area contributed by atoms with Crippen molar-refractivity contribution in [3.8, 4) is 0 Å². The van der Waals surface area contributed by atoms with Crippen molar-refractivity contribution in [1.29, 1.82) is 0 Å². The lowest BCUT2D eigenvalue weighted by molar-refractivity contribution is -0.903. The zero-order valence-corrected chi connectivity index (χ0v) is 24.0. The minimum absolute atomic E-state index is 0. The average Bonchev–Trinajstić information content (AvgIpc) is 2.78. The third-order valence-corrected chi connectivity index (χ3v) is 6.14. The van der Waals surface area contributed by atoms with Crippen LogP contribution >= 0.6 is 7.82 Å². The molecule has 0 aliphatic carbocycles. The average molecular weight is 520 g/mol. The van der Waals surface area contributed by atoms with E-state index in [1.807, 2.05) is 0 Å². The Labute approximate surface area is 216 Å². The first-order valence-corrected chi connectivity index (χ1v) is 15.0. The van der Waals surface area contributed by atoms with Crippen LogP contribution in [0, 0.1) is 0 Å². The summed E-state index contributed by atoms with van der Waals surface area (Å²) in [7, 11) is 0.336. The minimum Gasteiger partial charge on any atom is -0.344 e. The van der Waals surface area contributed by atoms with Crippen molar-refractivity contribution in [2.24, 2.45) is 0 Å². The molecule has 0 amide bonds. The largest absolute Gasteiger partial charge is 0.496 e. The fourth-order valence-electron chi connectivity index (χ4n) is 4.01. The summed E-state index contributed by atoms with van der Waals surface area (Å²) in [4.78, 5) is 19.8. The molecule has 0 fully saturated rings. The van der Waals surface area contributed by atoms with Crippen LogP contribution in [-0.2, 0) is 20.7 Å². The van der Waals surface area contributed by atoms with Gasteiger partial charge in [-0.15, -0.1) is 4.67 Å². The molecule has 7 nitrogen and oxygen atoms in total. The zero-order valence-electron chi connectivity index (χ0n) is 23.1. The zero-order chi connectivity index (χ0) is 25.5. The molecule has 0 bridgehead atoms. The molecule has 0 heterocycles. The minimum atomic E-state index is -4.40. The summed E-state index contributed by atoms with van der Waals surface area (Å²) < 4.78 is 14.4. The van der Waals surface area contributed by atoms with Crippen molar-refractivity contribution < 1.29 is 28.4 Å². The first-order valence-electron chi connectivity index (χ1n) is 13.4. The number of unbranched alkanes of at least 4 members (excludes halogenated alkanes) is 13. The van der Waals surface area contributed by atoms with E-state index in [0.29, 0.717) is 0 Å². The van der Waals surface area contributed by atoms with Crippen LogP contribution in [0.25, 0.3) is 0 Å². The van der Waals surface area contributed by atoms with Gasteiger partial charge in [-0.3, -0.25) is 0 Å². The van der Waals surface area contributed by atoms with Crippen molar-refractivity contribution >= 4 is 7.82 Å². The van der Waals surface area contributed by atoms with E-state index in [4.69, 9.17) is 9.79 Å². The van der Waals surface area contributed by atoms with Crippen molar-refractivity contribution in [2.75, 3.05) is 27.2 Å². The monoisotopic (exact) mass is 519 g/mol. The molecule has 1 rings (SSSR count). The molecule has 0 radical (unpaired) electrons. The molecule has 0 atom stereocenters. The van der Waals surface area contributed by atoms with Crippen LogP contribution in [0.4, 0.5) is 0 Å². The Balaban J connectivity index is 0. The standard InChI is InChI=1S/C25H46N.C2H7O5P.H3N/c1-4-5-6-7-8-9-10-11-12-13-14-15-16-20-23-26(2,3)24-25-21-18-17-19-22-25;1-2-6-7-8(3,4)5;/h17-19,21-22H,4-16,20,23-24H2,1-3H3;2H2,1H3,(H2,3,4,5);1H3/q+1;;. The second kappa shape index (κ2) is 23.6. The highest BCUT2D eigenvalue weighted by Crippen LogP contribution is 2.35. The number of quaternary nitrogens is 1. The molecule has 208 valence electrons. The topological polar surface area (TPSA) is 111 Å². The number of phosphoric acid groups is 1. The highest BCUT2D eigenvalue weighted by molar-refractivity contribution is 7.46. The van der Waals surface area contributed by atoms with Crippen LogP contribution in [-0.4, -0.2) is 41.5 Å². The predicted molar refractivity (Wildman–Crippen MR) is 147 cm³/mol. The second-order valence-corrected chi connectivity index (χ2v) is 11.0. The lowest BCUT2D eigenvalue weighted by Gasteiger charge is -2.30. The van der Waals surface area contributed by atoms with Gasteiger partial charge in [-0.1, -0.05) is 114 Å². The molecule has 0 aliphatic rings. The summed E-state index contributed by atoms with van der Waals surface area (Å²) in [5, 5.41) is 0. The first kappa shape index (κ1) is 36.4. The Hall–Kier alpha value is -0.790. The van der Waals surface area contributed by atoms with Crippen molar-refractivity contribution in [2.45, 2.75) is 110 Å². The van der Waals surface area contributed by atoms with Crippen LogP contribution in [0.15, 0.2) is 30.3 Å². The van der Waals surface area contributed by atoms with E-state index >= 15 is 0 Å². The highest BCUT2D eigenvalue weighted by Gasteiger charge is 2.15. The SMILES string of the molecule is CCCCCCCCCCCCCCCC[N+](C)(C)Cc1ccccc1.CCOOP(=O)(O)O.N. The van der Waals surface area contributed by atoms with Gasteiger partial charge < -0.3 is 20.4 Å². The summed E-state index contributed by atoms with van der Waals surface area (Å²) in [6.07, 6.45) is 20.2. The Bertz CT molecular complexity index is 611. The molecule has 5 N–H and O–H groups in total. The summed E-state index contributed by atoms with van der Waals surface area (Å²) >= 11 is 0. The molecule has 35 heavy (non-hydrogen) atoms. The first-order chi connectivity index (χ1) is 16.2. The molecule has 0 aromatic heterocycles. The van der Waals surface area contributed by atoms with Gasteiger partial charge in [-0.05, 0) is 19.8 Å². The number of benzene rings is 1. The Morgan fingerprint density at radius 1 is 0.743 bits per heavy atom. The van der Waals surface area contributed by atoms with Gasteiger partial charge in [0.2, 0.25) is 0 Å². The second-order valence-electron chi connectivity index (χ2n) is 9.87. The van der Waals surface area contributed by atoms with Crippen LogP contribution < -0.4 is 6.15 Å². The van der Waals surface area contributed by atoms with E-state index in [1.165, 1.54) is 102 Å². The maximum absolute atomic E-state index is 9.74. The maximum atomic E-state index is 9.74. The molecule has 0 spiro atoms. The Morgan fingerprint density at radius 2 is 1.17 bits per heavy atom. The van der Waals surface area contributed by atoms with Crippen molar-refractivity contribution in [3.63, 3.8) is 0 Å².